The van der Waals surface area contributed by atoms with Gasteiger partial charge in [0.05, 0.1) is 21.2 Å². The number of pyridine rings is 4. The van der Waals surface area contributed by atoms with Gasteiger partial charge in [0.1, 0.15) is 38.6 Å². The van der Waals surface area contributed by atoms with Crippen LogP contribution >= 0.6 is 23.2 Å². The number of hydrogen-bond donors (Lipinski definition) is 4. The molecular weight excluding hydrogens is 887 g/mol. The number of nitrogens with zero attached hydrogens (tertiary/aromatic N) is 6. The first-order valence-electron chi connectivity index (χ1n) is 20.7. The van der Waals surface area contributed by atoms with E-state index in [0.29, 0.717) is 105 Å². The molecule has 0 atom stereocenters. The Morgan fingerprint density at radius 2 is 1.02 bits per heavy atom. The Kier molecular flexibility index (Phi) is 18.0. The van der Waals surface area contributed by atoms with Crippen molar-refractivity contribution >= 4 is 35.1 Å². The lowest BCUT2D eigenvalue weighted by Crippen LogP contribution is -2.17. The van der Waals surface area contributed by atoms with Gasteiger partial charge in [-0.3, -0.25) is 19.6 Å². The summed E-state index contributed by atoms with van der Waals surface area (Å²) >= 11 is 14.1. The summed E-state index contributed by atoms with van der Waals surface area (Å²) in [5, 5.41) is 43.9. The fourth-order valence-electron chi connectivity index (χ4n) is 6.42. The van der Waals surface area contributed by atoms with E-state index in [4.69, 9.17) is 52.4 Å². The molecule has 4 heterocycles. The topological polar surface area (TPSA) is 235 Å². The molecule has 0 aliphatic heterocycles. The molecule has 6 aromatic rings. The Hall–Kier alpha value is -7.34. The molecular formula is C48H44Cl2N8O8. The third kappa shape index (κ3) is 14.3. The third-order valence-electron chi connectivity index (χ3n) is 9.74. The highest BCUT2D eigenvalue weighted by Gasteiger charge is 2.17. The van der Waals surface area contributed by atoms with Crippen LogP contribution in [0.25, 0.3) is 11.1 Å². The minimum Gasteiger partial charge on any atom is -0.481 e. The number of halogens is 2. The van der Waals surface area contributed by atoms with E-state index in [1.807, 2.05) is 48.5 Å². The number of rotatable bonds is 25. The minimum absolute atomic E-state index is 0.0481. The molecule has 0 bridgehead atoms. The van der Waals surface area contributed by atoms with Gasteiger partial charge in [0.25, 0.3) is 0 Å². The highest BCUT2D eigenvalue weighted by atomic mass is 35.5. The molecule has 338 valence electrons. The van der Waals surface area contributed by atoms with Gasteiger partial charge in [-0.05, 0) is 50.2 Å². The molecule has 0 radical (unpaired) electrons. The first-order chi connectivity index (χ1) is 32.1. The van der Waals surface area contributed by atoms with Gasteiger partial charge < -0.3 is 39.8 Å². The number of nitriles is 2. The van der Waals surface area contributed by atoms with Crippen molar-refractivity contribution in [3.05, 3.63) is 152 Å². The van der Waals surface area contributed by atoms with Gasteiger partial charge in [-0.2, -0.15) is 20.5 Å². The van der Waals surface area contributed by atoms with Crippen LogP contribution in [0, 0.1) is 22.7 Å². The van der Waals surface area contributed by atoms with Gasteiger partial charge in [-0.15, -0.1) is 0 Å². The summed E-state index contributed by atoms with van der Waals surface area (Å²) in [6.45, 7) is 2.00. The summed E-state index contributed by atoms with van der Waals surface area (Å²) in [6, 6.07) is 25.6. The maximum Gasteiger partial charge on any atom is 0.303 e. The second-order valence-corrected chi connectivity index (χ2v) is 15.4. The lowest BCUT2D eigenvalue weighted by atomic mass is 10.0. The molecule has 16 nitrogen and oxygen atoms in total. The molecule has 0 aliphatic carbocycles. The first kappa shape index (κ1) is 48.1. The second kappa shape index (κ2) is 24.6. The van der Waals surface area contributed by atoms with Crippen molar-refractivity contribution < 1.29 is 38.7 Å². The predicted molar refractivity (Wildman–Crippen MR) is 243 cm³/mol. The maximum absolute atomic E-state index is 10.9. The summed E-state index contributed by atoms with van der Waals surface area (Å²) in [7, 11) is 0. The van der Waals surface area contributed by atoms with Crippen LogP contribution in [0.4, 0.5) is 0 Å². The monoisotopic (exact) mass is 930 g/mol. The Morgan fingerprint density at radius 1 is 0.576 bits per heavy atom. The molecule has 0 fully saturated rings. The molecule has 0 aliphatic rings. The van der Waals surface area contributed by atoms with Gasteiger partial charge >= 0.3 is 11.9 Å². The zero-order valence-electron chi connectivity index (χ0n) is 35.5. The molecule has 2 aromatic carbocycles. The molecule has 4 N–H and O–H groups in total. The Bertz CT molecular complexity index is 2540. The van der Waals surface area contributed by atoms with Crippen LogP contribution in [0.2, 0.25) is 10.0 Å². The smallest absolute Gasteiger partial charge is 0.303 e. The number of carboxylic acids is 2. The van der Waals surface area contributed by atoms with Crippen molar-refractivity contribution in [3.8, 4) is 46.8 Å². The molecule has 66 heavy (non-hydrogen) atoms. The first-order valence-corrected chi connectivity index (χ1v) is 21.4. The van der Waals surface area contributed by atoms with Gasteiger partial charge in [0.2, 0.25) is 23.5 Å². The van der Waals surface area contributed by atoms with E-state index in [1.165, 1.54) is 12.4 Å². The van der Waals surface area contributed by atoms with Gasteiger partial charge in [-0.25, -0.2) is 0 Å². The van der Waals surface area contributed by atoms with E-state index in [0.717, 1.165) is 11.1 Å². The van der Waals surface area contributed by atoms with Crippen LogP contribution in [0.1, 0.15) is 70.2 Å². The average Bonchev–Trinajstić information content (AvgIpc) is 3.32. The van der Waals surface area contributed by atoms with E-state index < -0.39 is 11.9 Å². The third-order valence-corrected chi connectivity index (χ3v) is 10.6. The summed E-state index contributed by atoms with van der Waals surface area (Å²) in [5.74, 6) is -0.591. The lowest BCUT2D eigenvalue weighted by molar-refractivity contribution is -0.138. The van der Waals surface area contributed by atoms with Gasteiger partial charge in [0.15, 0.2) is 0 Å². The molecule has 0 unspecified atom stereocenters. The molecule has 4 aromatic heterocycles. The molecule has 18 heteroatoms. The van der Waals surface area contributed by atoms with Crippen molar-refractivity contribution in [2.24, 2.45) is 0 Å². The molecule has 0 spiro atoms. The number of carbonyl (C=O) groups is 2. The highest BCUT2D eigenvalue weighted by molar-refractivity contribution is 6.37. The summed E-state index contributed by atoms with van der Waals surface area (Å²) in [4.78, 5) is 39.3. The van der Waals surface area contributed by atoms with Crippen LogP contribution in [-0.2, 0) is 49.1 Å². The normalized spacial score (nSPS) is 10.7. The molecule has 0 saturated carbocycles. The fourth-order valence-corrected chi connectivity index (χ4v) is 6.99. The van der Waals surface area contributed by atoms with Crippen molar-refractivity contribution in [2.75, 3.05) is 13.1 Å². The number of hydrogen-bond acceptors (Lipinski definition) is 14. The van der Waals surface area contributed by atoms with Gasteiger partial charge in [0, 0.05) is 107 Å². The lowest BCUT2D eigenvalue weighted by Gasteiger charge is -2.16. The van der Waals surface area contributed by atoms with E-state index in [-0.39, 0.29) is 51.0 Å². The quantitative estimate of drug-likeness (QED) is 0.0396. The largest absolute Gasteiger partial charge is 0.481 e. The van der Waals surface area contributed by atoms with Gasteiger partial charge in [-0.1, -0.05) is 59.6 Å². The van der Waals surface area contributed by atoms with Crippen LogP contribution in [0.3, 0.4) is 0 Å². The van der Waals surface area contributed by atoms with Crippen molar-refractivity contribution in [1.82, 2.24) is 30.6 Å². The second-order valence-electron chi connectivity index (χ2n) is 14.7. The number of nitrogens with one attached hydrogen (secondary N) is 2. The number of benzene rings is 2. The van der Waals surface area contributed by atoms with Crippen molar-refractivity contribution in [2.45, 2.75) is 65.2 Å². The number of ether oxygens (including phenoxy) is 4. The van der Waals surface area contributed by atoms with Crippen molar-refractivity contribution in [1.29, 1.82) is 10.5 Å². The molecule has 0 saturated heterocycles. The Balaban J connectivity index is 1.14. The predicted octanol–water partition coefficient (Wildman–Crippen LogP) is 8.21. The molecule has 0 amide bonds. The fraction of sp³-hybridized carbons (Fsp3) is 0.250. The summed E-state index contributed by atoms with van der Waals surface area (Å²) < 4.78 is 24.5. The highest BCUT2D eigenvalue weighted by Crippen LogP contribution is 2.38. The van der Waals surface area contributed by atoms with E-state index in [2.05, 4.69) is 42.7 Å². The zero-order chi connectivity index (χ0) is 46.7. The van der Waals surface area contributed by atoms with E-state index >= 15 is 0 Å². The molecule has 6 rings (SSSR count). The zero-order valence-corrected chi connectivity index (χ0v) is 37.0. The number of carboxylic acid groups (broad SMARTS) is 2. The summed E-state index contributed by atoms with van der Waals surface area (Å²) in [5.41, 5.74) is 6.27. The van der Waals surface area contributed by atoms with Crippen molar-refractivity contribution in [3.63, 3.8) is 0 Å². The Morgan fingerprint density at radius 3 is 1.42 bits per heavy atom. The van der Waals surface area contributed by atoms with E-state index in [1.54, 1.807) is 36.7 Å². The van der Waals surface area contributed by atoms with Crippen LogP contribution in [-0.4, -0.2) is 55.2 Å². The minimum atomic E-state index is -0.863. The SMILES string of the molecule is N#Cc1cncc(COc2nc(OCc3cccc(-c4cccc(COc5ccc(CNCCCC(=O)O)c(OCc6cncc(C#N)c6)n5)c4Cl)c3Cl)ccc2CNCCCC(=O)O)c1. The number of aromatic nitrogens is 4. The average molecular weight is 932 g/mol. The van der Waals surface area contributed by atoms with E-state index in [9.17, 15) is 20.1 Å². The standard InChI is InChI=1S/C48H44Cl2N8O8/c49-45-37(29-63-41-13-11-35(25-53-15-3-9-43(59)60)47(57-41)65-27-33-17-31(19-51)21-55-23-33)5-1-7-39(45)40-8-2-6-38(46(40)50)30-64-42-14-12-36(26-54-16-4-10-44(61)62)48(58-42)66-28-34-18-32(20-52)22-56-24-34/h1-2,5-8,11-14,17-18,21-24,53-54H,3-4,9-10,15-16,25-30H2,(H,59,60)(H,61,62). The maximum atomic E-state index is 10.9. The number of aliphatic carboxylic acids is 2. The van der Waals surface area contributed by atoms with Crippen LogP contribution in [0.5, 0.6) is 23.5 Å². The Labute approximate surface area is 390 Å². The summed E-state index contributed by atoms with van der Waals surface area (Å²) in [6.07, 6.45) is 7.15. The van der Waals surface area contributed by atoms with Crippen LogP contribution < -0.4 is 29.6 Å². The van der Waals surface area contributed by atoms with Crippen LogP contribution in [0.15, 0.2) is 97.6 Å².